The molecule has 0 spiro atoms. The molecule has 0 aliphatic carbocycles. The van der Waals surface area contributed by atoms with Crippen LogP contribution < -0.4 is 9.33 Å². The van der Waals surface area contributed by atoms with E-state index in [0.29, 0.717) is 51.8 Å². The van der Waals surface area contributed by atoms with E-state index >= 15 is 0 Å². The number of carbonyl (C=O) groups excluding carboxylic acids is 1. The fourth-order valence-corrected chi connectivity index (χ4v) is 6.06. The summed E-state index contributed by atoms with van der Waals surface area (Å²) in [5.74, 6) is -0.659. The van der Waals surface area contributed by atoms with E-state index in [-0.39, 0.29) is 23.1 Å². The topological polar surface area (TPSA) is 110 Å². The van der Waals surface area contributed by atoms with Crippen molar-refractivity contribution in [3.8, 4) is 17.0 Å². The Morgan fingerprint density at radius 1 is 1.05 bits per heavy atom. The normalized spacial score (nSPS) is 12.0. The molecule has 9 nitrogen and oxygen atoms in total. The standard InChI is InChI=1S/C33H41ClN4O5Si/c1-21-26(19-29(36(21)5)27-18-22(34)11-16-25(27)32(41)42)31(40)38(30-20-35-37(6)28(30)10-9-17-39)23-12-14-24(15-13-23)43-44(7,8)33(2,3)4/h11-16,18-20,39H,9-10,17H2,1-8H3,(H,41,42). The van der Waals surface area contributed by atoms with Gasteiger partial charge in [-0.15, -0.1) is 0 Å². The van der Waals surface area contributed by atoms with Gasteiger partial charge in [0.05, 0.1) is 28.7 Å². The molecule has 2 heterocycles. The monoisotopic (exact) mass is 636 g/mol. The number of aromatic carboxylic acids is 1. The molecular formula is C33H41ClN4O5Si. The van der Waals surface area contributed by atoms with Crippen LogP contribution in [0.4, 0.5) is 11.4 Å². The molecule has 2 N–H and O–H groups in total. The zero-order valence-corrected chi connectivity index (χ0v) is 28.4. The quantitative estimate of drug-likeness (QED) is 0.176. The first kappa shape index (κ1) is 33.0. The van der Waals surface area contributed by atoms with E-state index < -0.39 is 14.3 Å². The molecule has 2 aromatic heterocycles. The molecule has 0 atom stereocenters. The van der Waals surface area contributed by atoms with E-state index in [9.17, 15) is 19.8 Å². The molecule has 0 fully saturated rings. The minimum absolute atomic E-state index is 0.00472. The summed E-state index contributed by atoms with van der Waals surface area (Å²) >= 11 is 6.27. The van der Waals surface area contributed by atoms with Crippen molar-refractivity contribution >= 4 is 43.2 Å². The molecule has 0 aliphatic heterocycles. The molecular weight excluding hydrogens is 596 g/mol. The number of aliphatic hydroxyl groups excluding tert-OH is 1. The van der Waals surface area contributed by atoms with Crippen molar-refractivity contribution in [3.05, 3.63) is 82.3 Å². The van der Waals surface area contributed by atoms with Crippen molar-refractivity contribution in [2.24, 2.45) is 14.1 Å². The molecule has 0 unspecified atom stereocenters. The molecule has 234 valence electrons. The number of carbonyl (C=O) groups is 2. The zero-order chi connectivity index (χ0) is 32.6. The highest BCUT2D eigenvalue weighted by molar-refractivity contribution is 6.74. The smallest absolute Gasteiger partial charge is 0.336 e. The number of carboxylic acid groups (broad SMARTS) is 1. The predicted octanol–water partition coefficient (Wildman–Crippen LogP) is 7.37. The lowest BCUT2D eigenvalue weighted by Gasteiger charge is -2.36. The maximum Gasteiger partial charge on any atom is 0.336 e. The number of rotatable bonds is 10. The van der Waals surface area contributed by atoms with Crippen LogP contribution >= 0.6 is 11.6 Å². The van der Waals surface area contributed by atoms with Crippen LogP contribution in [0.25, 0.3) is 11.3 Å². The summed E-state index contributed by atoms with van der Waals surface area (Å²) in [5, 5.41) is 24.3. The van der Waals surface area contributed by atoms with E-state index in [4.69, 9.17) is 16.0 Å². The van der Waals surface area contributed by atoms with Gasteiger partial charge in [-0.3, -0.25) is 14.4 Å². The van der Waals surface area contributed by atoms with Gasteiger partial charge in [-0.25, -0.2) is 4.79 Å². The first-order valence-corrected chi connectivity index (χ1v) is 17.8. The summed E-state index contributed by atoms with van der Waals surface area (Å²) in [4.78, 5) is 28.3. The third kappa shape index (κ3) is 6.47. The maximum absolute atomic E-state index is 14.6. The first-order valence-electron chi connectivity index (χ1n) is 14.5. The molecule has 0 saturated heterocycles. The van der Waals surface area contributed by atoms with Crippen molar-refractivity contribution < 1.29 is 24.2 Å². The molecule has 0 bridgehead atoms. The summed E-state index contributed by atoms with van der Waals surface area (Å²) in [6, 6.07) is 13.8. The molecule has 4 rings (SSSR count). The van der Waals surface area contributed by atoms with Crippen LogP contribution in [0.5, 0.6) is 5.75 Å². The van der Waals surface area contributed by atoms with Crippen molar-refractivity contribution in [2.75, 3.05) is 11.5 Å². The Morgan fingerprint density at radius 2 is 1.70 bits per heavy atom. The highest BCUT2D eigenvalue weighted by Crippen LogP contribution is 2.39. The number of aryl methyl sites for hydroxylation is 1. The van der Waals surface area contributed by atoms with Gasteiger partial charge in [0, 0.05) is 48.4 Å². The zero-order valence-electron chi connectivity index (χ0n) is 26.6. The number of nitrogens with zero attached hydrogens (tertiary/aromatic N) is 4. The number of hydrogen-bond acceptors (Lipinski definition) is 5. The Kier molecular flexibility index (Phi) is 9.48. The van der Waals surface area contributed by atoms with Crippen LogP contribution in [-0.4, -0.2) is 51.4 Å². The molecule has 0 saturated carbocycles. The van der Waals surface area contributed by atoms with Crippen LogP contribution in [0.2, 0.25) is 23.2 Å². The van der Waals surface area contributed by atoms with E-state index in [0.717, 1.165) is 11.4 Å². The van der Waals surface area contributed by atoms with E-state index in [2.05, 4.69) is 39.0 Å². The molecule has 0 radical (unpaired) electrons. The van der Waals surface area contributed by atoms with Gasteiger partial charge in [0.15, 0.2) is 0 Å². The Hall–Kier alpha value is -3.86. The van der Waals surface area contributed by atoms with Crippen molar-refractivity contribution in [2.45, 2.75) is 58.7 Å². The number of carboxylic acids is 1. The molecule has 11 heteroatoms. The lowest BCUT2D eigenvalue weighted by molar-refractivity contribution is 0.0697. The largest absolute Gasteiger partial charge is 0.544 e. The van der Waals surface area contributed by atoms with Gasteiger partial charge in [-0.2, -0.15) is 5.10 Å². The summed E-state index contributed by atoms with van der Waals surface area (Å²) in [6.45, 7) is 12.8. The lowest BCUT2D eigenvalue weighted by atomic mass is 10.0. The van der Waals surface area contributed by atoms with Crippen LogP contribution in [0.1, 0.15) is 59.3 Å². The van der Waals surface area contributed by atoms with Gasteiger partial charge >= 0.3 is 5.97 Å². The average molecular weight is 637 g/mol. The molecule has 2 aromatic carbocycles. The van der Waals surface area contributed by atoms with Crippen LogP contribution in [-0.2, 0) is 20.5 Å². The van der Waals surface area contributed by atoms with Crippen LogP contribution in [0.3, 0.4) is 0 Å². The highest BCUT2D eigenvalue weighted by Gasteiger charge is 2.39. The number of anilines is 2. The van der Waals surface area contributed by atoms with Gasteiger partial charge in [0.1, 0.15) is 5.75 Å². The number of aliphatic hydroxyl groups is 1. The summed E-state index contributed by atoms with van der Waals surface area (Å²) in [5.41, 5.74) is 4.13. The van der Waals surface area contributed by atoms with E-state index in [1.54, 1.807) is 39.5 Å². The van der Waals surface area contributed by atoms with Crippen molar-refractivity contribution in [1.82, 2.24) is 14.3 Å². The lowest BCUT2D eigenvalue weighted by Crippen LogP contribution is -2.43. The van der Waals surface area contributed by atoms with Gasteiger partial charge in [-0.05, 0) is 86.4 Å². The summed E-state index contributed by atoms with van der Waals surface area (Å²) in [7, 11) is 1.53. The summed E-state index contributed by atoms with van der Waals surface area (Å²) in [6.07, 6.45) is 2.68. The maximum atomic E-state index is 14.6. The summed E-state index contributed by atoms with van der Waals surface area (Å²) < 4.78 is 10.0. The fraction of sp³-hybridized carbons (Fsp3) is 0.364. The Labute approximate surface area is 264 Å². The molecule has 4 aromatic rings. The minimum atomic E-state index is -2.08. The Balaban J connectivity index is 1.85. The molecule has 44 heavy (non-hydrogen) atoms. The number of aromatic nitrogens is 3. The highest BCUT2D eigenvalue weighted by atomic mass is 35.5. The van der Waals surface area contributed by atoms with Crippen molar-refractivity contribution in [3.63, 3.8) is 0 Å². The predicted molar refractivity (Wildman–Crippen MR) is 177 cm³/mol. The second kappa shape index (κ2) is 12.6. The number of hydrogen-bond donors (Lipinski definition) is 2. The fourth-order valence-electron chi connectivity index (χ4n) is 4.86. The van der Waals surface area contributed by atoms with E-state index in [1.165, 1.54) is 12.1 Å². The van der Waals surface area contributed by atoms with Gasteiger partial charge in [0.25, 0.3) is 5.91 Å². The van der Waals surface area contributed by atoms with E-state index in [1.807, 2.05) is 38.2 Å². The van der Waals surface area contributed by atoms with Crippen LogP contribution in [0.15, 0.2) is 54.7 Å². The second-order valence-corrected chi connectivity index (χ2v) is 17.7. The number of benzene rings is 2. The first-order chi connectivity index (χ1) is 20.6. The second-order valence-electron chi connectivity index (χ2n) is 12.5. The average Bonchev–Trinajstić information content (AvgIpc) is 3.45. The van der Waals surface area contributed by atoms with Crippen LogP contribution in [0, 0.1) is 6.92 Å². The molecule has 0 aliphatic rings. The number of amides is 1. The number of halogens is 1. The van der Waals surface area contributed by atoms with Gasteiger partial charge in [-0.1, -0.05) is 32.4 Å². The van der Waals surface area contributed by atoms with Crippen molar-refractivity contribution in [1.29, 1.82) is 0 Å². The molecule has 1 amide bonds. The third-order valence-corrected chi connectivity index (χ3v) is 13.2. The van der Waals surface area contributed by atoms with Gasteiger partial charge in [0.2, 0.25) is 8.32 Å². The SMILES string of the molecule is Cc1c(C(=O)N(c2ccc(O[Si](C)(C)C(C)(C)C)cc2)c2cnn(C)c2CCCO)cc(-c2cc(Cl)ccc2C(=O)O)n1C. The minimum Gasteiger partial charge on any atom is -0.544 e. The Morgan fingerprint density at radius 3 is 2.30 bits per heavy atom. The third-order valence-electron chi connectivity index (χ3n) is 8.58. The Bertz CT molecular complexity index is 1690. The van der Waals surface area contributed by atoms with Gasteiger partial charge < -0.3 is 19.2 Å².